The second-order valence-corrected chi connectivity index (χ2v) is 10.6. The van der Waals surface area contributed by atoms with Crippen LogP contribution in [0.25, 0.3) is 21.2 Å². The Morgan fingerprint density at radius 1 is 1.15 bits per heavy atom. The van der Waals surface area contributed by atoms with E-state index in [0.717, 1.165) is 51.8 Å². The third-order valence-electron chi connectivity index (χ3n) is 6.54. The Bertz CT molecular complexity index is 1240. The Hall–Kier alpha value is -2.74. The fraction of sp³-hybridized carbons (Fsp3) is 0.308. The number of rotatable bonds is 6. The molecule has 1 aliphatic carbocycles. The van der Waals surface area contributed by atoms with Gasteiger partial charge in [0.05, 0.1) is 6.54 Å². The molecule has 170 valence electrons. The van der Waals surface area contributed by atoms with Crippen molar-refractivity contribution in [3.8, 4) is 16.9 Å². The van der Waals surface area contributed by atoms with Gasteiger partial charge in [-0.25, -0.2) is 0 Å². The highest BCUT2D eigenvalue weighted by molar-refractivity contribution is 7.21. The van der Waals surface area contributed by atoms with E-state index in [1.165, 1.54) is 11.3 Å². The number of benzene rings is 1. The molecule has 0 atom stereocenters. The monoisotopic (exact) mass is 477 g/mol. The number of fused-ring (bicyclic) bond motifs is 1. The van der Waals surface area contributed by atoms with Gasteiger partial charge in [-0.05, 0) is 67.9 Å². The van der Waals surface area contributed by atoms with Crippen molar-refractivity contribution in [2.45, 2.75) is 44.3 Å². The maximum absolute atomic E-state index is 13.8. The lowest BCUT2D eigenvalue weighted by molar-refractivity contribution is 0.0606. The fourth-order valence-corrected chi connectivity index (χ4v) is 6.61. The van der Waals surface area contributed by atoms with Crippen molar-refractivity contribution in [1.82, 2.24) is 15.2 Å². The number of nitrogens with one attached hydrogen (secondary N) is 1. The van der Waals surface area contributed by atoms with Gasteiger partial charge in [-0.3, -0.25) is 9.78 Å². The van der Waals surface area contributed by atoms with E-state index in [4.69, 9.17) is 0 Å². The Kier molecular flexibility index (Phi) is 6.44. The second kappa shape index (κ2) is 9.63. The highest BCUT2D eigenvalue weighted by Gasteiger charge is 2.32. The summed E-state index contributed by atoms with van der Waals surface area (Å²) in [5, 5.41) is 17.1. The van der Waals surface area contributed by atoms with Gasteiger partial charge in [-0.15, -0.1) is 22.7 Å². The van der Waals surface area contributed by atoms with E-state index in [1.54, 1.807) is 17.5 Å². The van der Waals surface area contributed by atoms with Crippen LogP contribution in [-0.4, -0.2) is 40.0 Å². The van der Waals surface area contributed by atoms with Crippen LogP contribution in [0.1, 0.15) is 40.2 Å². The van der Waals surface area contributed by atoms with Gasteiger partial charge < -0.3 is 15.3 Å². The minimum absolute atomic E-state index is 0.0714. The van der Waals surface area contributed by atoms with Crippen LogP contribution in [0.15, 0.2) is 60.2 Å². The van der Waals surface area contributed by atoms with Gasteiger partial charge in [0.1, 0.15) is 10.6 Å². The summed E-state index contributed by atoms with van der Waals surface area (Å²) in [6, 6.07) is 14.5. The average Bonchev–Trinajstić information content (AvgIpc) is 3.48. The van der Waals surface area contributed by atoms with Crippen molar-refractivity contribution in [2.24, 2.45) is 0 Å². The van der Waals surface area contributed by atoms with Crippen LogP contribution in [0.2, 0.25) is 0 Å². The number of carbonyl (C=O) groups is 1. The summed E-state index contributed by atoms with van der Waals surface area (Å²) in [7, 11) is 2.01. The number of thiophene rings is 2. The van der Waals surface area contributed by atoms with Crippen molar-refractivity contribution in [1.29, 1.82) is 0 Å². The van der Waals surface area contributed by atoms with Crippen LogP contribution in [0.4, 0.5) is 0 Å². The molecule has 0 bridgehead atoms. The summed E-state index contributed by atoms with van der Waals surface area (Å²) in [5.41, 5.74) is 2.20. The van der Waals surface area contributed by atoms with Crippen molar-refractivity contribution in [2.75, 3.05) is 7.05 Å². The van der Waals surface area contributed by atoms with E-state index in [2.05, 4.69) is 27.8 Å². The van der Waals surface area contributed by atoms with Crippen LogP contribution in [0, 0.1) is 0 Å². The highest BCUT2D eigenvalue weighted by atomic mass is 32.1. The van der Waals surface area contributed by atoms with Gasteiger partial charge >= 0.3 is 0 Å². The van der Waals surface area contributed by atoms with E-state index < -0.39 is 0 Å². The lowest BCUT2D eigenvalue weighted by Crippen LogP contribution is -2.44. The molecule has 3 aromatic heterocycles. The Morgan fingerprint density at radius 3 is 2.70 bits per heavy atom. The molecular weight excluding hydrogens is 450 g/mol. The predicted molar refractivity (Wildman–Crippen MR) is 136 cm³/mol. The van der Waals surface area contributed by atoms with E-state index in [-0.39, 0.29) is 17.7 Å². The quantitative estimate of drug-likeness (QED) is 0.363. The standard InChI is InChI=1S/C26H27N3O2S2/c1-27-19-8-10-20(11-9-19)29(15-21-13-18(16-32-21)17-5-4-12-28-14-17)26(31)25-24(30)22-6-2-3-7-23(22)33-25/h2-7,12-14,16,19-20,27,30H,8-11,15H2,1H3. The molecule has 33 heavy (non-hydrogen) atoms. The molecule has 5 nitrogen and oxygen atoms in total. The molecule has 0 aliphatic heterocycles. The summed E-state index contributed by atoms with van der Waals surface area (Å²) in [6.45, 7) is 0.548. The normalized spacial score (nSPS) is 18.5. The van der Waals surface area contributed by atoms with Gasteiger partial charge in [0.2, 0.25) is 0 Å². The number of amides is 1. The SMILES string of the molecule is CNC1CCC(N(Cc2cc(-c3cccnc3)cs2)C(=O)c2sc3ccccc3c2O)CC1. The molecule has 1 aromatic carbocycles. The Labute approximate surface area is 201 Å². The maximum Gasteiger partial charge on any atom is 0.268 e. The highest BCUT2D eigenvalue weighted by Crippen LogP contribution is 2.39. The third-order valence-corrected chi connectivity index (χ3v) is 8.61. The number of nitrogens with zero attached hydrogens (tertiary/aromatic N) is 2. The number of aromatic nitrogens is 1. The summed E-state index contributed by atoms with van der Waals surface area (Å²) in [4.78, 5) is 21.6. The summed E-state index contributed by atoms with van der Waals surface area (Å²) < 4.78 is 0.937. The first-order valence-corrected chi connectivity index (χ1v) is 13.0. The van der Waals surface area contributed by atoms with Crippen LogP contribution in [0.5, 0.6) is 5.75 Å². The topological polar surface area (TPSA) is 65.5 Å². The van der Waals surface area contributed by atoms with Gasteiger partial charge in [0, 0.05) is 45.0 Å². The van der Waals surface area contributed by atoms with Crippen molar-refractivity contribution < 1.29 is 9.90 Å². The van der Waals surface area contributed by atoms with E-state index >= 15 is 0 Å². The lowest BCUT2D eigenvalue weighted by atomic mass is 9.90. The zero-order valence-electron chi connectivity index (χ0n) is 18.5. The molecule has 7 heteroatoms. The molecule has 1 amide bonds. The van der Waals surface area contributed by atoms with Crippen LogP contribution in [0.3, 0.4) is 0 Å². The molecule has 4 aromatic rings. The van der Waals surface area contributed by atoms with Crippen LogP contribution < -0.4 is 5.32 Å². The first-order valence-electron chi connectivity index (χ1n) is 11.3. The van der Waals surface area contributed by atoms with Crippen molar-refractivity contribution in [3.63, 3.8) is 0 Å². The second-order valence-electron chi connectivity index (χ2n) is 8.55. The largest absolute Gasteiger partial charge is 0.506 e. The fourth-order valence-electron chi connectivity index (χ4n) is 4.67. The van der Waals surface area contributed by atoms with Crippen molar-refractivity contribution >= 4 is 38.7 Å². The first kappa shape index (κ1) is 22.1. The number of carbonyl (C=O) groups excluding carboxylic acids is 1. The van der Waals surface area contributed by atoms with E-state index in [0.29, 0.717) is 17.5 Å². The Morgan fingerprint density at radius 2 is 1.97 bits per heavy atom. The Balaban J connectivity index is 1.45. The van der Waals surface area contributed by atoms with E-state index in [9.17, 15) is 9.90 Å². The molecule has 0 unspecified atom stereocenters. The number of pyridine rings is 1. The molecule has 2 N–H and O–H groups in total. The summed E-state index contributed by atoms with van der Waals surface area (Å²) in [5.74, 6) is 0.0367. The number of aromatic hydroxyl groups is 1. The molecule has 1 saturated carbocycles. The smallest absolute Gasteiger partial charge is 0.268 e. The van der Waals surface area contributed by atoms with Gasteiger partial charge in [0.15, 0.2) is 0 Å². The maximum atomic E-state index is 13.8. The molecule has 0 spiro atoms. The lowest BCUT2D eigenvalue weighted by Gasteiger charge is -2.36. The van der Waals surface area contributed by atoms with Crippen LogP contribution in [-0.2, 0) is 6.54 Å². The number of hydrogen-bond donors (Lipinski definition) is 2. The average molecular weight is 478 g/mol. The molecular formula is C26H27N3O2S2. The molecule has 0 radical (unpaired) electrons. The summed E-state index contributed by atoms with van der Waals surface area (Å²) in [6.07, 6.45) is 7.66. The zero-order chi connectivity index (χ0) is 22.8. The zero-order valence-corrected chi connectivity index (χ0v) is 20.2. The molecule has 3 heterocycles. The van der Waals surface area contributed by atoms with Gasteiger partial charge in [-0.1, -0.05) is 18.2 Å². The third kappa shape index (κ3) is 4.53. The molecule has 0 saturated heterocycles. The number of hydrogen-bond acceptors (Lipinski definition) is 6. The van der Waals surface area contributed by atoms with Gasteiger partial charge in [0.25, 0.3) is 5.91 Å². The van der Waals surface area contributed by atoms with Crippen molar-refractivity contribution in [3.05, 3.63) is 70.0 Å². The van der Waals surface area contributed by atoms with Crippen LogP contribution >= 0.6 is 22.7 Å². The molecule has 1 aliphatic rings. The minimum Gasteiger partial charge on any atom is -0.506 e. The predicted octanol–water partition coefficient (Wildman–Crippen LogP) is 5.90. The molecule has 5 rings (SSSR count). The van der Waals surface area contributed by atoms with E-state index in [1.807, 2.05) is 48.5 Å². The molecule has 1 fully saturated rings. The summed E-state index contributed by atoms with van der Waals surface area (Å²) >= 11 is 3.05. The first-order chi connectivity index (χ1) is 16.1. The minimum atomic E-state index is -0.0714. The van der Waals surface area contributed by atoms with Gasteiger partial charge in [-0.2, -0.15) is 0 Å².